The zero-order valence-corrected chi connectivity index (χ0v) is 38.9. The van der Waals surface area contributed by atoms with Gasteiger partial charge in [-0.15, -0.1) is 0 Å². The number of nitrogens with two attached hydrogens (primary N) is 1. The lowest BCUT2D eigenvalue weighted by Crippen LogP contribution is -2.54. The number of amides is 5. The number of fused-ring (bicyclic) bond motifs is 3. The van der Waals surface area contributed by atoms with E-state index in [1.54, 1.807) is 26.1 Å². The van der Waals surface area contributed by atoms with Gasteiger partial charge in [0, 0.05) is 87.3 Å². The molecule has 67 heavy (non-hydrogen) atoms. The molecule has 0 radical (unpaired) electrons. The number of alkyl halides is 2. The van der Waals surface area contributed by atoms with Crippen LogP contribution >= 0.6 is 0 Å². The van der Waals surface area contributed by atoms with Gasteiger partial charge in [-0.2, -0.15) is 0 Å². The number of likely N-dealkylation sites (tertiary alicyclic amines) is 3. The molecule has 4 N–H and O–H groups in total. The molecule has 0 bridgehead atoms. The van der Waals surface area contributed by atoms with Gasteiger partial charge in [-0.1, -0.05) is 12.1 Å². The van der Waals surface area contributed by atoms with Gasteiger partial charge in [0.1, 0.15) is 6.04 Å². The third-order valence-corrected chi connectivity index (χ3v) is 15.8. The number of halogens is 2. The van der Waals surface area contributed by atoms with Crippen molar-refractivity contribution in [2.24, 2.45) is 22.6 Å². The first-order valence-electron chi connectivity index (χ1n) is 24.6. The standard InChI is InChI=1S/C50H66F2N10O5/c1-31(63)59-25-17-41-40(30-59)47(60-20-4-7-34-26-38(35(28-53)29-54-2)39(46(51)52)27-43(34)60)56-62(41)36-15-23-58(24-16-36)19-5-18-57-21-13-32(14-22-57)9-10-33-6-3-8-37-45(33)50(67)61(49(37)66)42-11-12-44(64)55-48(42)65/h3,6,8,26-29,32,36,40-42,46-47,56H,4-5,7,9-25,30,53H2,1-2H3,(H,55,64,65). The molecule has 7 aliphatic rings. The van der Waals surface area contributed by atoms with E-state index in [9.17, 15) is 32.8 Å². The van der Waals surface area contributed by atoms with Gasteiger partial charge in [-0.3, -0.25) is 39.2 Å². The molecule has 4 atom stereocenters. The van der Waals surface area contributed by atoms with Crippen molar-refractivity contribution in [3.05, 3.63) is 69.9 Å². The molecule has 360 valence electrons. The van der Waals surface area contributed by atoms with Crippen molar-refractivity contribution < 1.29 is 32.8 Å². The molecule has 7 heterocycles. The molecule has 2 aromatic carbocycles. The highest BCUT2D eigenvalue weighted by Gasteiger charge is 2.51. The molecular formula is C50H66F2N10O5. The lowest BCUT2D eigenvalue weighted by atomic mass is 9.87. The molecule has 17 heteroatoms. The van der Waals surface area contributed by atoms with Gasteiger partial charge in [0.25, 0.3) is 18.2 Å². The Balaban J connectivity index is 0.758. The third kappa shape index (κ3) is 9.53. The molecular weight excluding hydrogens is 859 g/mol. The van der Waals surface area contributed by atoms with Crippen LogP contribution in [0.4, 0.5) is 14.5 Å². The molecule has 9 rings (SSSR count). The summed E-state index contributed by atoms with van der Waals surface area (Å²) in [5.41, 5.74) is 14.1. The van der Waals surface area contributed by atoms with Crippen molar-refractivity contribution in [1.82, 2.24) is 35.4 Å². The van der Waals surface area contributed by atoms with Crippen LogP contribution in [0, 0.1) is 11.8 Å². The van der Waals surface area contributed by atoms with Crippen LogP contribution in [0.15, 0.2) is 41.5 Å². The van der Waals surface area contributed by atoms with Gasteiger partial charge in [-0.25, -0.2) is 19.2 Å². The summed E-state index contributed by atoms with van der Waals surface area (Å²) in [6.07, 6.45) is 9.82. The van der Waals surface area contributed by atoms with E-state index >= 15 is 0 Å². The summed E-state index contributed by atoms with van der Waals surface area (Å²) in [6, 6.07) is 8.55. The maximum absolute atomic E-state index is 14.7. The number of piperidine rings is 4. The lowest BCUT2D eigenvalue weighted by Gasteiger charge is -2.43. The maximum Gasteiger partial charge on any atom is 0.264 e. The molecule has 5 amide bonds. The van der Waals surface area contributed by atoms with Gasteiger partial charge in [0.05, 0.1) is 17.3 Å². The van der Waals surface area contributed by atoms with E-state index in [0.717, 1.165) is 125 Å². The summed E-state index contributed by atoms with van der Waals surface area (Å²) in [5.74, 6) is -1.16. The molecule has 0 aromatic heterocycles. The van der Waals surface area contributed by atoms with Crippen LogP contribution in [0.5, 0.6) is 0 Å². The van der Waals surface area contributed by atoms with Gasteiger partial charge in [-0.05, 0) is 151 Å². The third-order valence-electron chi connectivity index (χ3n) is 15.8. The number of nitrogens with one attached hydrogen (secondary N) is 2. The summed E-state index contributed by atoms with van der Waals surface area (Å²) >= 11 is 0. The fourth-order valence-electron chi connectivity index (χ4n) is 12.3. The number of rotatable bonds is 13. The molecule has 7 aliphatic heterocycles. The summed E-state index contributed by atoms with van der Waals surface area (Å²) in [7, 11) is 1.60. The fourth-order valence-corrected chi connectivity index (χ4v) is 12.3. The van der Waals surface area contributed by atoms with Crippen molar-refractivity contribution >= 4 is 47.0 Å². The zero-order valence-electron chi connectivity index (χ0n) is 38.9. The Morgan fingerprint density at radius 3 is 2.36 bits per heavy atom. The molecule has 4 unspecified atom stereocenters. The van der Waals surface area contributed by atoms with Crippen LogP contribution in [0.2, 0.25) is 0 Å². The predicted octanol–water partition coefficient (Wildman–Crippen LogP) is 4.36. The highest BCUT2D eigenvalue weighted by Crippen LogP contribution is 2.42. The van der Waals surface area contributed by atoms with Crippen molar-refractivity contribution in [2.75, 3.05) is 70.9 Å². The molecule has 5 fully saturated rings. The molecule has 2 aromatic rings. The normalized spacial score (nSPS) is 26.2. The monoisotopic (exact) mass is 925 g/mol. The zero-order chi connectivity index (χ0) is 46.9. The number of carbonyl (C=O) groups is 5. The van der Waals surface area contributed by atoms with E-state index in [4.69, 9.17) is 5.73 Å². The van der Waals surface area contributed by atoms with Crippen LogP contribution in [0.3, 0.4) is 0 Å². The van der Waals surface area contributed by atoms with Crippen molar-refractivity contribution in [2.45, 2.75) is 115 Å². The van der Waals surface area contributed by atoms with Crippen molar-refractivity contribution in [3.63, 3.8) is 0 Å². The number of aryl methyl sites for hydroxylation is 2. The second kappa shape index (κ2) is 20.2. The van der Waals surface area contributed by atoms with E-state index < -0.39 is 30.2 Å². The fraction of sp³-hybridized carbons (Fsp3) is 0.600. The molecule has 0 aliphatic carbocycles. The molecule has 0 saturated carbocycles. The van der Waals surface area contributed by atoms with Crippen molar-refractivity contribution in [1.29, 1.82) is 0 Å². The number of hydrazine groups is 1. The van der Waals surface area contributed by atoms with Gasteiger partial charge < -0.3 is 25.3 Å². The average molecular weight is 925 g/mol. The maximum atomic E-state index is 14.7. The first-order valence-corrected chi connectivity index (χ1v) is 24.6. The highest BCUT2D eigenvalue weighted by atomic mass is 19.3. The van der Waals surface area contributed by atoms with E-state index in [1.165, 1.54) is 12.4 Å². The highest BCUT2D eigenvalue weighted by molar-refractivity contribution is 6.24. The Morgan fingerprint density at radius 1 is 0.925 bits per heavy atom. The summed E-state index contributed by atoms with van der Waals surface area (Å²) in [4.78, 5) is 78.4. The number of benzene rings is 2. The quantitative estimate of drug-likeness (QED) is 0.193. The second-order valence-electron chi connectivity index (χ2n) is 19.7. The minimum Gasteiger partial charge on any atom is -0.404 e. The van der Waals surface area contributed by atoms with Gasteiger partial charge in [0.15, 0.2) is 0 Å². The Morgan fingerprint density at radius 2 is 1.67 bits per heavy atom. The van der Waals surface area contributed by atoms with Crippen LogP contribution in [0.25, 0.3) is 5.57 Å². The molecule has 15 nitrogen and oxygen atoms in total. The number of hydrogen-bond acceptors (Lipinski definition) is 12. The number of hydrogen-bond donors (Lipinski definition) is 3. The van der Waals surface area contributed by atoms with Crippen LogP contribution in [0.1, 0.15) is 121 Å². The SMILES string of the molecule is CN=CC(=CN)c1cc2c(cc1C(F)F)N(C1NN(C3CCN(CCCN4CCC(CCc5cccc6c5C(=O)N(C5CCC(=O)NC5=O)C6=O)CC4)CC3)C3CCN(C(C)=O)CC13)CCC2. The first kappa shape index (κ1) is 47.0. The summed E-state index contributed by atoms with van der Waals surface area (Å²) in [6.45, 7) is 9.94. The second-order valence-corrected chi connectivity index (χ2v) is 19.7. The topological polar surface area (TPSA) is 167 Å². The summed E-state index contributed by atoms with van der Waals surface area (Å²) < 4.78 is 29.4. The number of nitrogens with zero attached hydrogens (tertiary/aromatic N) is 7. The minimum absolute atomic E-state index is 0.0509. The number of aliphatic imine (C=N–C) groups is 1. The smallest absolute Gasteiger partial charge is 0.264 e. The largest absolute Gasteiger partial charge is 0.404 e. The number of carbonyl (C=O) groups excluding carboxylic acids is 5. The van der Waals surface area contributed by atoms with Gasteiger partial charge in [0.2, 0.25) is 17.7 Å². The van der Waals surface area contributed by atoms with Crippen LogP contribution in [-0.2, 0) is 27.2 Å². The molecule has 0 spiro atoms. The Labute approximate surface area is 392 Å². The molecule has 5 saturated heterocycles. The van der Waals surface area contributed by atoms with E-state index in [1.807, 2.05) is 23.1 Å². The first-order chi connectivity index (χ1) is 32.4. The van der Waals surface area contributed by atoms with E-state index in [0.29, 0.717) is 53.7 Å². The number of anilines is 1. The lowest BCUT2D eigenvalue weighted by molar-refractivity contribution is -0.136. The van der Waals surface area contributed by atoms with Crippen LogP contribution in [-0.4, -0.2) is 151 Å². The van der Waals surface area contributed by atoms with E-state index in [2.05, 4.69) is 35.4 Å². The number of imide groups is 2. The average Bonchev–Trinajstić information content (AvgIpc) is 3.83. The van der Waals surface area contributed by atoms with Gasteiger partial charge >= 0.3 is 0 Å². The predicted molar refractivity (Wildman–Crippen MR) is 251 cm³/mol. The Kier molecular flexibility index (Phi) is 14.2. The Bertz CT molecular complexity index is 2290. The van der Waals surface area contributed by atoms with E-state index in [-0.39, 0.29) is 48.3 Å². The number of allylic oxidation sites excluding steroid dienone is 1. The van der Waals surface area contributed by atoms with Crippen molar-refractivity contribution in [3.8, 4) is 0 Å². The summed E-state index contributed by atoms with van der Waals surface area (Å²) in [5, 5.41) is 4.77. The minimum atomic E-state index is -2.68. The Hall–Kier alpha value is -5.10. The van der Waals surface area contributed by atoms with Crippen LogP contribution < -0.4 is 21.4 Å².